The molecule has 3 nitrogen and oxygen atoms in total. The molecule has 2 N–H and O–H groups in total. The largest absolute Gasteiger partial charge is 0.491 e. The second kappa shape index (κ2) is 8.50. The molecule has 0 radical (unpaired) electrons. The lowest BCUT2D eigenvalue weighted by molar-refractivity contribution is 0.209. The number of nitrogens with two attached hydrogens (primary N) is 1. The van der Waals surface area contributed by atoms with Gasteiger partial charge in [0, 0.05) is 13.1 Å². The Morgan fingerprint density at radius 1 is 1.20 bits per heavy atom. The van der Waals surface area contributed by atoms with Gasteiger partial charge in [-0.05, 0) is 50.6 Å². The van der Waals surface area contributed by atoms with E-state index in [0.29, 0.717) is 6.54 Å². The highest BCUT2D eigenvalue weighted by Gasteiger charge is 2.17. The quantitative estimate of drug-likeness (QED) is 0.839. The van der Waals surface area contributed by atoms with E-state index < -0.39 is 0 Å². The third-order valence-electron chi connectivity index (χ3n) is 3.00. The van der Waals surface area contributed by atoms with Gasteiger partial charge in [0.25, 0.3) is 0 Å². The Hall–Kier alpha value is -0.770. The van der Waals surface area contributed by atoms with Gasteiger partial charge in [-0.1, -0.05) is 26.0 Å². The van der Waals surface area contributed by atoms with Crippen molar-refractivity contribution in [3.05, 3.63) is 29.8 Å². The van der Waals surface area contributed by atoms with Crippen LogP contribution >= 0.6 is 12.4 Å². The van der Waals surface area contributed by atoms with Crippen LogP contribution in [0.2, 0.25) is 0 Å². The molecule has 0 saturated carbocycles. The van der Waals surface area contributed by atoms with Crippen molar-refractivity contribution in [3.63, 3.8) is 0 Å². The van der Waals surface area contributed by atoms with Crippen LogP contribution in [0.1, 0.15) is 33.3 Å². The van der Waals surface area contributed by atoms with Crippen LogP contribution in [0, 0.1) is 5.41 Å². The molecule has 0 amide bonds. The molecule has 0 atom stereocenters. The van der Waals surface area contributed by atoms with Gasteiger partial charge < -0.3 is 15.4 Å². The lowest BCUT2D eigenvalue weighted by Crippen LogP contribution is -2.36. The SMILES string of the molecule is CC(C)Oc1ccc(CN(C)CC(C)(C)CN)cc1.Cl. The summed E-state index contributed by atoms with van der Waals surface area (Å²) in [5.41, 5.74) is 7.23. The molecule has 0 aliphatic heterocycles. The van der Waals surface area contributed by atoms with Crippen molar-refractivity contribution >= 4 is 12.4 Å². The maximum atomic E-state index is 5.77. The van der Waals surface area contributed by atoms with Gasteiger partial charge in [0.1, 0.15) is 5.75 Å². The fourth-order valence-corrected chi connectivity index (χ4v) is 2.11. The average Bonchev–Trinajstić information content (AvgIpc) is 2.30. The van der Waals surface area contributed by atoms with Crippen LogP contribution in [0.4, 0.5) is 0 Å². The number of nitrogens with zero attached hydrogens (tertiary/aromatic N) is 1. The van der Waals surface area contributed by atoms with Crippen molar-refractivity contribution < 1.29 is 4.74 Å². The summed E-state index contributed by atoms with van der Waals surface area (Å²) in [7, 11) is 2.13. The van der Waals surface area contributed by atoms with Gasteiger partial charge in [-0.2, -0.15) is 0 Å². The third-order valence-corrected chi connectivity index (χ3v) is 3.00. The van der Waals surface area contributed by atoms with E-state index in [2.05, 4.69) is 37.9 Å². The van der Waals surface area contributed by atoms with Crippen LogP contribution in [0.3, 0.4) is 0 Å². The Morgan fingerprint density at radius 3 is 2.20 bits per heavy atom. The molecule has 0 aromatic heterocycles. The number of ether oxygens (including phenoxy) is 1. The summed E-state index contributed by atoms with van der Waals surface area (Å²) < 4.78 is 5.64. The molecule has 0 unspecified atom stereocenters. The first-order chi connectivity index (χ1) is 8.82. The van der Waals surface area contributed by atoms with Crippen LogP contribution in [0.5, 0.6) is 5.75 Å². The zero-order valence-electron chi connectivity index (χ0n) is 13.3. The van der Waals surface area contributed by atoms with E-state index >= 15 is 0 Å². The molecule has 0 aliphatic carbocycles. The van der Waals surface area contributed by atoms with E-state index in [1.165, 1.54) is 5.56 Å². The first-order valence-electron chi connectivity index (χ1n) is 6.96. The van der Waals surface area contributed by atoms with E-state index in [0.717, 1.165) is 18.8 Å². The normalized spacial score (nSPS) is 11.6. The molecule has 116 valence electrons. The topological polar surface area (TPSA) is 38.5 Å². The Morgan fingerprint density at radius 2 is 1.75 bits per heavy atom. The van der Waals surface area contributed by atoms with Crippen molar-refractivity contribution in [2.24, 2.45) is 11.1 Å². The minimum absolute atomic E-state index is 0. The summed E-state index contributed by atoms with van der Waals surface area (Å²) in [6.07, 6.45) is 0.221. The molecule has 1 rings (SSSR count). The smallest absolute Gasteiger partial charge is 0.119 e. The van der Waals surface area contributed by atoms with Gasteiger partial charge in [-0.15, -0.1) is 12.4 Å². The molecule has 0 bridgehead atoms. The highest BCUT2D eigenvalue weighted by molar-refractivity contribution is 5.85. The number of hydrogen-bond donors (Lipinski definition) is 1. The van der Waals surface area contributed by atoms with E-state index in [1.807, 2.05) is 26.0 Å². The van der Waals surface area contributed by atoms with E-state index in [-0.39, 0.29) is 23.9 Å². The molecular weight excluding hydrogens is 272 g/mol. The summed E-state index contributed by atoms with van der Waals surface area (Å²) in [6, 6.07) is 8.34. The van der Waals surface area contributed by atoms with Gasteiger partial charge in [-0.25, -0.2) is 0 Å². The predicted octanol–water partition coefficient (Wildman–Crippen LogP) is 3.31. The van der Waals surface area contributed by atoms with Crippen LogP contribution in [0.25, 0.3) is 0 Å². The maximum absolute atomic E-state index is 5.77. The molecule has 4 heteroatoms. The monoisotopic (exact) mass is 300 g/mol. The molecular formula is C16H29ClN2O. The first kappa shape index (κ1) is 19.2. The molecule has 20 heavy (non-hydrogen) atoms. The summed E-state index contributed by atoms with van der Waals surface area (Å²) in [6.45, 7) is 11.1. The van der Waals surface area contributed by atoms with Gasteiger partial charge in [0.2, 0.25) is 0 Å². The summed E-state index contributed by atoms with van der Waals surface area (Å²) in [5.74, 6) is 0.934. The molecule has 0 saturated heterocycles. The molecule has 1 aromatic carbocycles. The van der Waals surface area contributed by atoms with E-state index in [9.17, 15) is 0 Å². The highest BCUT2D eigenvalue weighted by Crippen LogP contribution is 2.18. The summed E-state index contributed by atoms with van der Waals surface area (Å²) in [5, 5.41) is 0. The lowest BCUT2D eigenvalue weighted by atomic mass is 9.93. The zero-order chi connectivity index (χ0) is 14.5. The number of halogens is 1. The standard InChI is InChI=1S/C16H28N2O.ClH/c1-13(2)19-15-8-6-14(7-9-15)10-18(5)12-16(3,4)11-17;/h6-9,13H,10-12,17H2,1-5H3;1H. The highest BCUT2D eigenvalue weighted by atomic mass is 35.5. The Bertz CT molecular complexity index is 377. The fraction of sp³-hybridized carbons (Fsp3) is 0.625. The van der Waals surface area contributed by atoms with Crippen LogP contribution in [-0.4, -0.2) is 31.1 Å². The number of rotatable bonds is 7. The minimum Gasteiger partial charge on any atom is -0.491 e. The molecule has 0 heterocycles. The molecule has 1 aromatic rings. The van der Waals surface area contributed by atoms with Gasteiger partial charge in [0.05, 0.1) is 6.10 Å². The number of hydrogen-bond acceptors (Lipinski definition) is 3. The van der Waals surface area contributed by atoms with Crippen molar-refractivity contribution in [1.29, 1.82) is 0 Å². The maximum Gasteiger partial charge on any atom is 0.119 e. The predicted molar refractivity (Wildman–Crippen MR) is 88.6 cm³/mol. The van der Waals surface area contributed by atoms with Crippen LogP contribution in [-0.2, 0) is 6.54 Å². The van der Waals surface area contributed by atoms with Gasteiger partial charge in [0.15, 0.2) is 0 Å². The van der Waals surface area contributed by atoms with Crippen LogP contribution < -0.4 is 10.5 Å². The first-order valence-corrected chi connectivity index (χ1v) is 6.96. The minimum atomic E-state index is 0. The zero-order valence-corrected chi connectivity index (χ0v) is 14.2. The molecule has 0 fully saturated rings. The Kier molecular flexibility index (Phi) is 8.17. The van der Waals surface area contributed by atoms with Crippen molar-refractivity contribution in [3.8, 4) is 5.75 Å². The molecule has 0 spiro atoms. The van der Waals surface area contributed by atoms with E-state index in [4.69, 9.17) is 10.5 Å². The third kappa shape index (κ3) is 7.13. The average molecular weight is 301 g/mol. The number of benzene rings is 1. The second-order valence-corrected chi connectivity index (χ2v) is 6.35. The van der Waals surface area contributed by atoms with Gasteiger partial charge >= 0.3 is 0 Å². The summed E-state index contributed by atoms with van der Waals surface area (Å²) >= 11 is 0. The summed E-state index contributed by atoms with van der Waals surface area (Å²) in [4.78, 5) is 2.31. The second-order valence-electron chi connectivity index (χ2n) is 6.35. The van der Waals surface area contributed by atoms with Crippen molar-refractivity contribution in [2.45, 2.75) is 40.3 Å². The van der Waals surface area contributed by atoms with Crippen molar-refractivity contribution in [2.75, 3.05) is 20.1 Å². The lowest BCUT2D eigenvalue weighted by Gasteiger charge is -2.29. The van der Waals surface area contributed by atoms with Gasteiger partial charge in [-0.3, -0.25) is 0 Å². The fourth-order valence-electron chi connectivity index (χ4n) is 2.11. The molecule has 0 aliphatic rings. The Labute approximate surface area is 129 Å². The van der Waals surface area contributed by atoms with E-state index in [1.54, 1.807) is 0 Å². The Balaban J connectivity index is 0.00000361. The van der Waals surface area contributed by atoms with Crippen molar-refractivity contribution in [1.82, 2.24) is 4.90 Å². The van der Waals surface area contributed by atoms with Crippen LogP contribution in [0.15, 0.2) is 24.3 Å².